The Labute approximate surface area is 151 Å². The van der Waals surface area contributed by atoms with Gasteiger partial charge in [0.2, 0.25) is 0 Å². The van der Waals surface area contributed by atoms with Gasteiger partial charge in [0, 0.05) is 11.0 Å². The Morgan fingerprint density at radius 2 is 1.81 bits per heavy atom. The van der Waals surface area contributed by atoms with E-state index >= 15 is 0 Å². The predicted octanol–water partition coefficient (Wildman–Crippen LogP) is 3.85. The minimum absolute atomic E-state index is 0.210. The zero-order chi connectivity index (χ0) is 18.7. The largest absolute Gasteiger partial charge is 0.478 e. The van der Waals surface area contributed by atoms with Crippen LogP contribution in [0.5, 0.6) is 0 Å². The van der Waals surface area contributed by atoms with Gasteiger partial charge < -0.3 is 9.84 Å². The molecule has 0 spiro atoms. The van der Waals surface area contributed by atoms with Gasteiger partial charge in [-0.1, -0.05) is 18.2 Å². The first-order valence-corrected chi connectivity index (χ1v) is 8.57. The monoisotopic (exact) mass is 352 g/mol. The number of ether oxygens (including phenoxy) is 1. The number of hydrogen-bond acceptors (Lipinski definition) is 4. The highest BCUT2D eigenvalue weighted by Gasteiger charge is 2.46. The zero-order valence-corrected chi connectivity index (χ0v) is 14.5. The molecule has 5 nitrogen and oxygen atoms in total. The van der Waals surface area contributed by atoms with Crippen molar-refractivity contribution in [2.24, 2.45) is 0 Å². The third kappa shape index (κ3) is 3.67. The van der Waals surface area contributed by atoms with Crippen molar-refractivity contribution >= 4 is 18.2 Å². The SMILES string of the molecule is CCOC(=O)CC1(c2cc(C=O)cc(-c3ccc(C(=O)O)cc3)c2)CC1. The molecule has 26 heavy (non-hydrogen) atoms. The summed E-state index contributed by atoms with van der Waals surface area (Å²) in [4.78, 5) is 34.3. The fourth-order valence-corrected chi connectivity index (χ4v) is 3.20. The maximum Gasteiger partial charge on any atom is 0.335 e. The van der Waals surface area contributed by atoms with Gasteiger partial charge in [0.05, 0.1) is 18.6 Å². The Morgan fingerprint density at radius 1 is 1.12 bits per heavy atom. The van der Waals surface area contributed by atoms with Crippen LogP contribution in [-0.4, -0.2) is 29.9 Å². The van der Waals surface area contributed by atoms with Crippen LogP contribution in [0.1, 0.15) is 52.5 Å². The first kappa shape index (κ1) is 17.9. The van der Waals surface area contributed by atoms with E-state index in [1.807, 2.05) is 12.1 Å². The van der Waals surface area contributed by atoms with Crippen LogP contribution in [-0.2, 0) is 14.9 Å². The summed E-state index contributed by atoms with van der Waals surface area (Å²) in [5.74, 6) is -1.21. The van der Waals surface area contributed by atoms with Gasteiger partial charge in [-0.2, -0.15) is 0 Å². The molecule has 0 unspecified atom stereocenters. The van der Waals surface area contributed by atoms with Crippen LogP contribution in [0.3, 0.4) is 0 Å². The number of carboxylic acid groups (broad SMARTS) is 1. The lowest BCUT2D eigenvalue weighted by Crippen LogP contribution is -2.16. The Balaban J connectivity index is 1.95. The van der Waals surface area contributed by atoms with E-state index in [0.29, 0.717) is 18.6 Å². The third-order valence-electron chi connectivity index (χ3n) is 4.81. The van der Waals surface area contributed by atoms with Gasteiger partial charge in [0.25, 0.3) is 0 Å². The van der Waals surface area contributed by atoms with Gasteiger partial charge in [-0.15, -0.1) is 0 Å². The molecule has 3 rings (SSSR count). The first-order chi connectivity index (χ1) is 12.5. The number of rotatable bonds is 7. The van der Waals surface area contributed by atoms with Crippen LogP contribution in [0.15, 0.2) is 42.5 Å². The molecule has 1 fully saturated rings. The topological polar surface area (TPSA) is 80.7 Å². The second-order valence-corrected chi connectivity index (χ2v) is 6.61. The Bertz CT molecular complexity index is 847. The molecule has 1 N–H and O–H groups in total. The second kappa shape index (κ2) is 7.12. The summed E-state index contributed by atoms with van der Waals surface area (Å²) in [6, 6.07) is 12.1. The summed E-state index contributed by atoms with van der Waals surface area (Å²) in [5, 5.41) is 9.03. The molecule has 2 aromatic rings. The van der Waals surface area contributed by atoms with Gasteiger partial charge in [0.15, 0.2) is 0 Å². The maximum atomic E-state index is 11.9. The van der Waals surface area contributed by atoms with Gasteiger partial charge in [0.1, 0.15) is 6.29 Å². The standard InChI is InChI=1S/C21H20O5/c1-2-26-19(23)12-21(7-8-21)18-10-14(13-22)9-17(11-18)15-3-5-16(6-4-15)20(24)25/h3-6,9-11,13H,2,7-8,12H2,1H3,(H,24,25). The zero-order valence-electron chi connectivity index (χ0n) is 14.5. The number of carbonyl (C=O) groups excluding carboxylic acids is 2. The minimum atomic E-state index is -0.981. The van der Waals surface area contributed by atoms with E-state index in [1.54, 1.807) is 25.1 Å². The molecule has 0 bridgehead atoms. The molecule has 5 heteroatoms. The molecule has 134 valence electrons. The lowest BCUT2D eigenvalue weighted by atomic mass is 9.88. The molecule has 0 aliphatic heterocycles. The van der Waals surface area contributed by atoms with E-state index < -0.39 is 5.97 Å². The second-order valence-electron chi connectivity index (χ2n) is 6.61. The Hall–Kier alpha value is -2.95. The highest BCUT2D eigenvalue weighted by Crippen LogP contribution is 2.52. The van der Waals surface area contributed by atoms with Crippen molar-refractivity contribution in [1.82, 2.24) is 0 Å². The van der Waals surface area contributed by atoms with Crippen LogP contribution in [0.4, 0.5) is 0 Å². The average molecular weight is 352 g/mol. The third-order valence-corrected chi connectivity index (χ3v) is 4.81. The van der Waals surface area contributed by atoms with Crippen LogP contribution in [0.2, 0.25) is 0 Å². The van der Waals surface area contributed by atoms with Crippen molar-refractivity contribution < 1.29 is 24.2 Å². The average Bonchev–Trinajstić information content (AvgIpc) is 3.42. The molecule has 0 heterocycles. The maximum absolute atomic E-state index is 11.9. The molecule has 0 atom stereocenters. The molecule has 0 aromatic heterocycles. The number of benzene rings is 2. The summed E-state index contributed by atoms with van der Waals surface area (Å²) in [5.41, 5.74) is 3.09. The smallest absolute Gasteiger partial charge is 0.335 e. The van der Waals surface area contributed by atoms with Crippen molar-refractivity contribution in [3.05, 3.63) is 59.2 Å². The number of aldehydes is 1. The molecular formula is C21H20O5. The highest BCUT2D eigenvalue weighted by atomic mass is 16.5. The Morgan fingerprint density at radius 3 is 2.35 bits per heavy atom. The summed E-state index contributed by atoms with van der Waals surface area (Å²) in [6.07, 6.45) is 2.86. The fraction of sp³-hybridized carbons (Fsp3) is 0.286. The van der Waals surface area contributed by atoms with Crippen molar-refractivity contribution in [2.45, 2.75) is 31.6 Å². The fourth-order valence-electron chi connectivity index (χ4n) is 3.20. The van der Waals surface area contributed by atoms with Crippen molar-refractivity contribution in [3.8, 4) is 11.1 Å². The van der Waals surface area contributed by atoms with Gasteiger partial charge in [-0.3, -0.25) is 9.59 Å². The summed E-state index contributed by atoms with van der Waals surface area (Å²) in [6.45, 7) is 2.13. The van der Waals surface area contributed by atoms with E-state index in [-0.39, 0.29) is 16.9 Å². The first-order valence-electron chi connectivity index (χ1n) is 8.57. The molecular weight excluding hydrogens is 332 g/mol. The van der Waals surface area contributed by atoms with Gasteiger partial charge in [-0.05, 0) is 60.7 Å². The van der Waals surface area contributed by atoms with E-state index in [1.165, 1.54) is 12.1 Å². The van der Waals surface area contributed by atoms with Crippen molar-refractivity contribution in [1.29, 1.82) is 0 Å². The van der Waals surface area contributed by atoms with E-state index in [4.69, 9.17) is 9.84 Å². The number of carboxylic acids is 1. The van der Waals surface area contributed by atoms with Crippen LogP contribution in [0.25, 0.3) is 11.1 Å². The molecule has 0 radical (unpaired) electrons. The summed E-state index contributed by atoms with van der Waals surface area (Å²) < 4.78 is 5.08. The van der Waals surface area contributed by atoms with Crippen LogP contribution >= 0.6 is 0 Å². The summed E-state index contributed by atoms with van der Waals surface area (Å²) >= 11 is 0. The Kier molecular flexibility index (Phi) is 4.89. The molecule has 2 aromatic carbocycles. The predicted molar refractivity (Wildman–Crippen MR) is 96.4 cm³/mol. The normalized spacial score (nSPS) is 14.5. The minimum Gasteiger partial charge on any atom is -0.478 e. The van der Waals surface area contributed by atoms with E-state index in [0.717, 1.165) is 35.8 Å². The van der Waals surface area contributed by atoms with Gasteiger partial charge >= 0.3 is 11.9 Å². The lowest BCUT2D eigenvalue weighted by Gasteiger charge is -2.17. The number of esters is 1. The van der Waals surface area contributed by atoms with E-state index in [2.05, 4.69) is 0 Å². The summed E-state index contributed by atoms with van der Waals surface area (Å²) in [7, 11) is 0. The number of carbonyl (C=O) groups is 3. The van der Waals surface area contributed by atoms with Crippen LogP contribution < -0.4 is 0 Å². The number of aromatic carboxylic acids is 1. The number of hydrogen-bond donors (Lipinski definition) is 1. The van der Waals surface area contributed by atoms with Crippen LogP contribution in [0, 0.1) is 0 Å². The molecule has 1 saturated carbocycles. The quantitative estimate of drug-likeness (QED) is 0.605. The lowest BCUT2D eigenvalue weighted by molar-refractivity contribution is -0.143. The van der Waals surface area contributed by atoms with Crippen molar-refractivity contribution in [2.75, 3.05) is 6.61 Å². The molecule has 0 saturated heterocycles. The molecule has 1 aliphatic rings. The van der Waals surface area contributed by atoms with E-state index in [9.17, 15) is 14.4 Å². The molecule has 0 amide bonds. The van der Waals surface area contributed by atoms with Crippen molar-refractivity contribution in [3.63, 3.8) is 0 Å². The molecule has 1 aliphatic carbocycles. The van der Waals surface area contributed by atoms with Gasteiger partial charge in [-0.25, -0.2) is 4.79 Å². The highest BCUT2D eigenvalue weighted by molar-refractivity contribution is 5.88.